The lowest BCUT2D eigenvalue weighted by molar-refractivity contribution is -0.00215. The van der Waals surface area contributed by atoms with Gasteiger partial charge in [0.1, 0.15) is 0 Å². The molecule has 1 heteroatoms. The second kappa shape index (κ2) is 6.16. The van der Waals surface area contributed by atoms with Gasteiger partial charge in [-0.2, -0.15) is 0 Å². The first kappa shape index (κ1) is 15.4. The van der Waals surface area contributed by atoms with E-state index in [0.717, 1.165) is 5.92 Å². The second-order valence-electron chi connectivity index (χ2n) is 7.06. The molecule has 0 aromatic rings. The average Bonchev–Trinajstić information content (AvgIpc) is 2.71. The van der Waals surface area contributed by atoms with Crippen LogP contribution in [0.3, 0.4) is 0 Å². The molecule has 1 saturated carbocycles. The van der Waals surface area contributed by atoms with Gasteiger partial charge in [0.25, 0.3) is 0 Å². The Kier molecular flexibility index (Phi) is 4.98. The van der Waals surface area contributed by atoms with Crippen LogP contribution in [0.5, 0.6) is 0 Å². The highest BCUT2D eigenvalue weighted by Gasteiger charge is 2.56. The molecule has 1 aliphatic carbocycles. The van der Waals surface area contributed by atoms with Crippen molar-refractivity contribution >= 4 is 0 Å². The van der Waals surface area contributed by atoms with Crippen LogP contribution in [0.2, 0.25) is 0 Å². The van der Waals surface area contributed by atoms with Crippen molar-refractivity contribution in [2.45, 2.75) is 103 Å². The van der Waals surface area contributed by atoms with Crippen LogP contribution in [0.25, 0.3) is 0 Å². The number of hydrogen-bond acceptors (Lipinski definition) is 1. The molecule has 0 amide bonds. The summed E-state index contributed by atoms with van der Waals surface area (Å²) >= 11 is 0. The Hall–Kier alpha value is -0.0400. The summed E-state index contributed by atoms with van der Waals surface area (Å²) in [6, 6.07) is 0. The van der Waals surface area contributed by atoms with Crippen LogP contribution in [0.1, 0.15) is 91.9 Å². The summed E-state index contributed by atoms with van der Waals surface area (Å²) in [5.41, 5.74) is 1.10. The molecule has 19 heavy (non-hydrogen) atoms. The SMILES string of the molecule is CCCN1C2(CCCCC2)CC(CC)C1(CC)CC. The zero-order chi connectivity index (χ0) is 13.9. The first-order chi connectivity index (χ1) is 9.19. The molecule has 2 aliphatic rings. The Balaban J connectivity index is 2.34. The number of rotatable bonds is 5. The Labute approximate surface area is 121 Å². The first-order valence-electron chi connectivity index (χ1n) is 8.96. The van der Waals surface area contributed by atoms with Crippen LogP contribution in [0.15, 0.2) is 0 Å². The predicted octanol–water partition coefficient (Wildman–Crippen LogP) is 5.39. The highest BCUT2D eigenvalue weighted by molar-refractivity contribution is 5.12. The van der Waals surface area contributed by atoms with Crippen molar-refractivity contribution in [2.75, 3.05) is 6.54 Å². The van der Waals surface area contributed by atoms with Crippen molar-refractivity contribution in [3.8, 4) is 0 Å². The van der Waals surface area contributed by atoms with Crippen molar-refractivity contribution in [1.82, 2.24) is 4.90 Å². The van der Waals surface area contributed by atoms with Gasteiger partial charge in [0.2, 0.25) is 0 Å². The predicted molar refractivity (Wildman–Crippen MR) is 84.5 cm³/mol. The number of hydrogen-bond donors (Lipinski definition) is 0. The van der Waals surface area contributed by atoms with E-state index in [1.54, 1.807) is 0 Å². The molecule has 0 aromatic heterocycles. The van der Waals surface area contributed by atoms with E-state index in [1.807, 2.05) is 0 Å². The minimum Gasteiger partial charge on any atom is -0.292 e. The van der Waals surface area contributed by atoms with Gasteiger partial charge in [-0.05, 0) is 51.0 Å². The fourth-order valence-corrected chi connectivity index (χ4v) is 5.55. The topological polar surface area (TPSA) is 3.24 Å². The summed E-state index contributed by atoms with van der Waals surface area (Å²) in [4.78, 5) is 3.02. The van der Waals surface area contributed by atoms with E-state index >= 15 is 0 Å². The normalized spacial score (nSPS) is 30.0. The van der Waals surface area contributed by atoms with Crippen molar-refractivity contribution in [3.63, 3.8) is 0 Å². The van der Waals surface area contributed by atoms with Crippen LogP contribution < -0.4 is 0 Å². The molecule has 0 aromatic carbocycles. The third kappa shape index (κ3) is 2.37. The largest absolute Gasteiger partial charge is 0.292 e. The van der Waals surface area contributed by atoms with Crippen LogP contribution in [-0.4, -0.2) is 22.5 Å². The molecule has 1 heterocycles. The maximum Gasteiger partial charge on any atom is 0.0238 e. The molecular formula is C18H35N. The molecule has 2 rings (SSSR count). The van der Waals surface area contributed by atoms with E-state index < -0.39 is 0 Å². The zero-order valence-corrected chi connectivity index (χ0v) is 13.8. The maximum atomic E-state index is 3.02. The second-order valence-corrected chi connectivity index (χ2v) is 7.06. The molecule has 0 bridgehead atoms. The lowest BCUT2D eigenvalue weighted by Crippen LogP contribution is -2.55. The van der Waals surface area contributed by atoms with Crippen molar-refractivity contribution in [1.29, 1.82) is 0 Å². The van der Waals surface area contributed by atoms with Gasteiger partial charge in [-0.25, -0.2) is 0 Å². The molecule has 1 aliphatic heterocycles. The van der Waals surface area contributed by atoms with Gasteiger partial charge in [-0.1, -0.05) is 53.4 Å². The standard InChI is InChI=1S/C18H35N/c1-5-14-19-17(12-10-9-11-13-17)15-16(6-2)18(19,7-3)8-4/h16H,5-15H2,1-4H3. The lowest BCUT2D eigenvalue weighted by Gasteiger charge is -2.49. The monoisotopic (exact) mass is 265 g/mol. The smallest absolute Gasteiger partial charge is 0.0238 e. The summed E-state index contributed by atoms with van der Waals surface area (Å²) in [6.45, 7) is 11.0. The molecule has 1 spiro atoms. The number of likely N-dealkylation sites (tertiary alicyclic amines) is 1. The van der Waals surface area contributed by atoms with Gasteiger partial charge in [-0.15, -0.1) is 0 Å². The molecule has 1 unspecified atom stereocenters. The van der Waals surface area contributed by atoms with Crippen molar-refractivity contribution in [2.24, 2.45) is 5.92 Å². The van der Waals surface area contributed by atoms with E-state index in [2.05, 4.69) is 32.6 Å². The van der Waals surface area contributed by atoms with Crippen molar-refractivity contribution in [3.05, 3.63) is 0 Å². The fourth-order valence-electron chi connectivity index (χ4n) is 5.55. The fraction of sp³-hybridized carbons (Fsp3) is 1.00. The van der Waals surface area contributed by atoms with Gasteiger partial charge < -0.3 is 0 Å². The number of nitrogens with zero attached hydrogens (tertiary/aromatic N) is 1. The van der Waals surface area contributed by atoms with Crippen molar-refractivity contribution < 1.29 is 0 Å². The third-order valence-corrected chi connectivity index (χ3v) is 6.45. The first-order valence-corrected chi connectivity index (χ1v) is 8.96. The lowest BCUT2D eigenvalue weighted by atomic mass is 9.76. The highest BCUT2D eigenvalue weighted by atomic mass is 15.3. The molecule has 112 valence electrons. The summed E-state index contributed by atoms with van der Waals surface area (Å²) in [6.07, 6.45) is 14.3. The van der Waals surface area contributed by atoms with E-state index in [0.29, 0.717) is 11.1 Å². The summed E-state index contributed by atoms with van der Waals surface area (Å²) < 4.78 is 0. The van der Waals surface area contributed by atoms with E-state index in [4.69, 9.17) is 0 Å². The van der Waals surface area contributed by atoms with Crippen LogP contribution in [0.4, 0.5) is 0 Å². The molecule has 1 nitrogen and oxygen atoms in total. The van der Waals surface area contributed by atoms with Gasteiger partial charge in [0, 0.05) is 11.1 Å². The van der Waals surface area contributed by atoms with Crippen LogP contribution in [-0.2, 0) is 0 Å². The summed E-state index contributed by atoms with van der Waals surface area (Å²) in [5.74, 6) is 0.937. The Morgan fingerprint density at radius 2 is 1.58 bits per heavy atom. The van der Waals surface area contributed by atoms with Crippen LogP contribution >= 0.6 is 0 Å². The molecule has 1 atom stereocenters. The average molecular weight is 265 g/mol. The van der Waals surface area contributed by atoms with Gasteiger partial charge in [0.05, 0.1) is 0 Å². The van der Waals surface area contributed by atoms with Gasteiger partial charge >= 0.3 is 0 Å². The molecule has 0 N–H and O–H groups in total. The zero-order valence-electron chi connectivity index (χ0n) is 13.8. The Morgan fingerprint density at radius 1 is 0.947 bits per heavy atom. The van der Waals surface area contributed by atoms with Gasteiger partial charge in [-0.3, -0.25) is 4.90 Å². The Bertz CT molecular complexity index is 273. The van der Waals surface area contributed by atoms with E-state index in [-0.39, 0.29) is 0 Å². The molecule has 1 saturated heterocycles. The van der Waals surface area contributed by atoms with E-state index in [1.165, 1.54) is 70.8 Å². The molecular weight excluding hydrogens is 230 g/mol. The molecule has 2 fully saturated rings. The Morgan fingerprint density at radius 3 is 2.05 bits per heavy atom. The quantitative estimate of drug-likeness (QED) is 0.644. The maximum absolute atomic E-state index is 3.02. The minimum absolute atomic E-state index is 0.516. The molecule has 0 radical (unpaired) electrons. The summed E-state index contributed by atoms with van der Waals surface area (Å²) in [5, 5.41) is 0. The van der Waals surface area contributed by atoms with E-state index in [9.17, 15) is 0 Å². The summed E-state index contributed by atoms with van der Waals surface area (Å²) in [7, 11) is 0. The third-order valence-electron chi connectivity index (χ3n) is 6.45. The minimum atomic E-state index is 0.516. The van der Waals surface area contributed by atoms with Gasteiger partial charge in [0.15, 0.2) is 0 Å². The highest BCUT2D eigenvalue weighted by Crippen LogP contribution is 2.55. The van der Waals surface area contributed by atoms with Crippen LogP contribution in [0, 0.1) is 5.92 Å².